The molecule has 3 nitrogen and oxygen atoms in total. The largest absolute Gasteiger partial charge is 0.481 e. The highest BCUT2D eigenvalue weighted by Crippen LogP contribution is 2.23. The van der Waals surface area contributed by atoms with Crippen molar-refractivity contribution >= 4 is 5.97 Å². The average molecular weight is 227 g/mol. The summed E-state index contributed by atoms with van der Waals surface area (Å²) in [6.07, 6.45) is 7.47. The molecule has 0 aliphatic carbocycles. The van der Waals surface area contributed by atoms with Gasteiger partial charge in [0.25, 0.3) is 0 Å². The predicted molar refractivity (Wildman–Crippen MR) is 65.6 cm³/mol. The van der Waals surface area contributed by atoms with E-state index in [1.807, 2.05) is 0 Å². The number of likely N-dealkylation sites (tertiary alicyclic amines) is 1. The van der Waals surface area contributed by atoms with E-state index in [9.17, 15) is 4.79 Å². The summed E-state index contributed by atoms with van der Waals surface area (Å²) in [6, 6.07) is 0.840. The Morgan fingerprint density at radius 3 is 2.69 bits per heavy atom. The van der Waals surface area contributed by atoms with Gasteiger partial charge < -0.3 is 5.11 Å². The summed E-state index contributed by atoms with van der Waals surface area (Å²) in [5, 5.41) is 8.95. The van der Waals surface area contributed by atoms with Crippen LogP contribution in [0.3, 0.4) is 0 Å². The van der Waals surface area contributed by atoms with Gasteiger partial charge in [0.15, 0.2) is 0 Å². The third-order valence-corrected chi connectivity index (χ3v) is 3.74. The minimum Gasteiger partial charge on any atom is -0.481 e. The normalized spacial score (nSPS) is 25.0. The molecule has 1 heterocycles. The molecule has 0 amide bonds. The molecule has 1 rings (SSSR count). The van der Waals surface area contributed by atoms with Crippen molar-refractivity contribution in [3.8, 4) is 0 Å². The first-order valence-corrected chi connectivity index (χ1v) is 6.66. The fourth-order valence-electron chi connectivity index (χ4n) is 2.82. The molecular formula is C13H25NO2. The summed E-state index contributed by atoms with van der Waals surface area (Å²) in [7, 11) is 0. The van der Waals surface area contributed by atoms with Crippen molar-refractivity contribution in [2.45, 2.75) is 70.9 Å². The number of carbonyl (C=O) groups is 1. The Labute approximate surface area is 98.8 Å². The average Bonchev–Trinajstić information content (AvgIpc) is 2.50. The van der Waals surface area contributed by atoms with Crippen molar-refractivity contribution in [2.24, 2.45) is 0 Å². The van der Waals surface area contributed by atoms with Crippen LogP contribution in [0.5, 0.6) is 0 Å². The van der Waals surface area contributed by atoms with Crippen molar-refractivity contribution in [2.75, 3.05) is 6.54 Å². The van der Waals surface area contributed by atoms with E-state index in [1.54, 1.807) is 0 Å². The molecule has 1 N–H and O–H groups in total. The number of rotatable bonds is 5. The third kappa shape index (κ3) is 3.78. The molecule has 2 unspecified atom stereocenters. The smallest absolute Gasteiger partial charge is 0.304 e. The first-order valence-electron chi connectivity index (χ1n) is 6.66. The van der Waals surface area contributed by atoms with Crippen LogP contribution < -0.4 is 0 Å². The van der Waals surface area contributed by atoms with Crippen LogP contribution in [0.15, 0.2) is 0 Å². The lowest BCUT2D eigenvalue weighted by Gasteiger charge is -2.35. The number of carboxylic acid groups (broad SMARTS) is 1. The molecule has 0 aromatic heterocycles. The van der Waals surface area contributed by atoms with Crippen LogP contribution in [0.1, 0.15) is 58.8 Å². The highest BCUT2D eigenvalue weighted by atomic mass is 16.4. The minimum absolute atomic E-state index is 0.237. The number of nitrogens with zero attached hydrogens (tertiary/aromatic N) is 1. The van der Waals surface area contributed by atoms with Crippen LogP contribution in [-0.2, 0) is 4.79 Å². The second-order valence-electron chi connectivity index (χ2n) is 4.81. The van der Waals surface area contributed by atoms with Crippen LogP contribution in [0, 0.1) is 0 Å². The van der Waals surface area contributed by atoms with E-state index < -0.39 is 5.97 Å². The monoisotopic (exact) mass is 227 g/mol. The highest BCUT2D eigenvalue weighted by molar-refractivity contribution is 5.67. The van der Waals surface area contributed by atoms with Crippen molar-refractivity contribution in [3.63, 3.8) is 0 Å². The van der Waals surface area contributed by atoms with E-state index in [0.29, 0.717) is 12.5 Å². The van der Waals surface area contributed by atoms with Gasteiger partial charge in [0.05, 0.1) is 6.42 Å². The number of hydrogen-bond acceptors (Lipinski definition) is 2. The molecule has 1 saturated heterocycles. The molecule has 0 spiro atoms. The minimum atomic E-state index is -0.661. The van der Waals surface area contributed by atoms with Gasteiger partial charge in [-0.15, -0.1) is 0 Å². The van der Waals surface area contributed by atoms with Crippen LogP contribution in [0.2, 0.25) is 0 Å². The molecule has 0 aromatic carbocycles. The van der Waals surface area contributed by atoms with Gasteiger partial charge >= 0.3 is 5.97 Å². The standard InChI is InChI=1S/C13H25NO2/c1-3-11-8-6-5-7-9-14(11)12(4-2)10-13(15)16/h11-12H,3-10H2,1-2H3,(H,15,16). The van der Waals surface area contributed by atoms with E-state index in [1.165, 1.54) is 25.7 Å². The molecule has 0 radical (unpaired) electrons. The Morgan fingerprint density at radius 2 is 2.12 bits per heavy atom. The second kappa shape index (κ2) is 6.89. The summed E-state index contributed by atoms with van der Waals surface area (Å²) in [5.41, 5.74) is 0. The molecule has 0 bridgehead atoms. The molecule has 16 heavy (non-hydrogen) atoms. The van der Waals surface area contributed by atoms with Crippen molar-refractivity contribution in [3.05, 3.63) is 0 Å². The predicted octanol–water partition coefficient (Wildman–Crippen LogP) is 2.89. The van der Waals surface area contributed by atoms with Gasteiger partial charge in [-0.1, -0.05) is 26.7 Å². The maximum Gasteiger partial charge on any atom is 0.304 e. The molecule has 2 atom stereocenters. The van der Waals surface area contributed by atoms with Crippen LogP contribution in [0.25, 0.3) is 0 Å². The molecule has 0 saturated carbocycles. The zero-order valence-electron chi connectivity index (χ0n) is 10.6. The van der Waals surface area contributed by atoms with E-state index in [4.69, 9.17) is 5.11 Å². The Kier molecular flexibility index (Phi) is 5.81. The fourth-order valence-corrected chi connectivity index (χ4v) is 2.82. The summed E-state index contributed by atoms with van der Waals surface area (Å²) in [6.45, 7) is 5.41. The summed E-state index contributed by atoms with van der Waals surface area (Å²) >= 11 is 0. The maximum absolute atomic E-state index is 10.9. The van der Waals surface area contributed by atoms with Gasteiger partial charge in [-0.05, 0) is 32.2 Å². The Hall–Kier alpha value is -0.570. The van der Waals surface area contributed by atoms with Crippen LogP contribution in [0.4, 0.5) is 0 Å². The zero-order chi connectivity index (χ0) is 12.0. The lowest BCUT2D eigenvalue weighted by molar-refractivity contribution is -0.138. The molecule has 3 heteroatoms. The number of hydrogen-bond donors (Lipinski definition) is 1. The van der Waals surface area contributed by atoms with Crippen LogP contribution in [-0.4, -0.2) is 34.6 Å². The molecule has 1 aliphatic rings. The molecule has 94 valence electrons. The number of aliphatic carboxylic acids is 1. The lowest BCUT2D eigenvalue weighted by atomic mass is 10.0. The van der Waals surface area contributed by atoms with Gasteiger partial charge in [0.1, 0.15) is 0 Å². The van der Waals surface area contributed by atoms with E-state index in [-0.39, 0.29) is 6.04 Å². The van der Waals surface area contributed by atoms with Gasteiger partial charge in [-0.2, -0.15) is 0 Å². The summed E-state index contributed by atoms with van der Waals surface area (Å²) in [5.74, 6) is -0.661. The van der Waals surface area contributed by atoms with Gasteiger partial charge in [0.2, 0.25) is 0 Å². The molecule has 1 aliphatic heterocycles. The van der Waals surface area contributed by atoms with Crippen LogP contribution >= 0.6 is 0 Å². The molecule has 0 aromatic rings. The van der Waals surface area contributed by atoms with E-state index >= 15 is 0 Å². The quantitative estimate of drug-likeness (QED) is 0.785. The Bertz CT molecular complexity index is 218. The Balaban J connectivity index is 2.65. The topological polar surface area (TPSA) is 40.5 Å². The first-order chi connectivity index (χ1) is 7.69. The first kappa shape index (κ1) is 13.5. The highest BCUT2D eigenvalue weighted by Gasteiger charge is 2.26. The molecule has 1 fully saturated rings. The van der Waals surface area contributed by atoms with Crippen molar-refractivity contribution < 1.29 is 9.90 Å². The number of carboxylic acids is 1. The molecular weight excluding hydrogens is 202 g/mol. The third-order valence-electron chi connectivity index (χ3n) is 3.74. The summed E-state index contributed by atoms with van der Waals surface area (Å²) in [4.78, 5) is 13.3. The fraction of sp³-hybridized carbons (Fsp3) is 0.923. The Morgan fingerprint density at radius 1 is 1.38 bits per heavy atom. The summed E-state index contributed by atoms with van der Waals surface area (Å²) < 4.78 is 0. The van der Waals surface area contributed by atoms with Gasteiger partial charge in [-0.25, -0.2) is 0 Å². The van der Waals surface area contributed by atoms with Crippen molar-refractivity contribution in [1.82, 2.24) is 4.90 Å². The van der Waals surface area contributed by atoms with E-state index in [2.05, 4.69) is 18.7 Å². The van der Waals surface area contributed by atoms with Crippen molar-refractivity contribution in [1.29, 1.82) is 0 Å². The maximum atomic E-state index is 10.9. The van der Waals surface area contributed by atoms with Gasteiger partial charge in [-0.3, -0.25) is 9.69 Å². The second-order valence-corrected chi connectivity index (χ2v) is 4.81. The van der Waals surface area contributed by atoms with Gasteiger partial charge in [0, 0.05) is 12.1 Å². The lowest BCUT2D eigenvalue weighted by Crippen LogP contribution is -2.43. The SMILES string of the molecule is CCC1CCCCCN1C(CC)CC(=O)O. The zero-order valence-corrected chi connectivity index (χ0v) is 10.6. The van der Waals surface area contributed by atoms with E-state index in [0.717, 1.165) is 19.4 Å².